The van der Waals surface area contributed by atoms with E-state index >= 15 is 0 Å². The smallest absolute Gasteiger partial charge is 0.311 e. The molecule has 0 unspecified atom stereocenters. The summed E-state index contributed by atoms with van der Waals surface area (Å²) in [6.07, 6.45) is -8.99. The van der Waals surface area contributed by atoms with Crippen molar-refractivity contribution in [2.45, 2.75) is 219 Å². The highest BCUT2D eigenvalue weighted by molar-refractivity contribution is 7.80. The van der Waals surface area contributed by atoms with E-state index in [0.717, 1.165) is 6.42 Å². The molecule has 3 fully saturated rings. The first-order valence-corrected chi connectivity index (χ1v) is 23.4. The number of likely N-dealkylation sites (N-methyl/N-ethyl adjacent to an activating group) is 1. The van der Waals surface area contributed by atoms with E-state index < -0.39 is 108 Å². The van der Waals surface area contributed by atoms with Crippen LogP contribution >= 0.6 is 12.2 Å². The van der Waals surface area contributed by atoms with E-state index in [0.29, 0.717) is 24.6 Å². The molecule has 0 saturated carbocycles. The standard InChI is InChI=1S/C45H85N3O13S/c1-16-18-46-42(62)47-19-20-56-35-25(5)22-43(11,53)39(61-41-34(49)31(21-26(6)57-41)48(14)24(3)4)28(8)36(60-33-23-44(12,55-15)38(51)30(10)58-33)29(9)40(52)59-32(17-2)45(13,54)37(50)27(35)7/h24-39,41,49-51,53-54H,16-23H2,1-15H3,(H2,46,47,62)/t25-,26-,27+,28+,29-,30+,31+,32-,33+,34-,35+,36+,37-,38+,39-,41+,43-,44-,45-/m1/s1. The van der Waals surface area contributed by atoms with Gasteiger partial charge in [-0.05, 0) is 106 Å². The summed E-state index contributed by atoms with van der Waals surface area (Å²) in [5.74, 6) is -3.79. The van der Waals surface area contributed by atoms with E-state index in [2.05, 4.69) is 15.5 Å². The molecule has 0 bridgehead atoms. The molecule has 0 aliphatic carbocycles. The summed E-state index contributed by atoms with van der Waals surface area (Å²) in [6, 6.07) is -0.216. The van der Waals surface area contributed by atoms with Crippen molar-refractivity contribution < 1.29 is 63.5 Å². The molecule has 0 radical (unpaired) electrons. The molecule has 16 nitrogen and oxygen atoms in total. The molecule has 0 spiro atoms. The van der Waals surface area contributed by atoms with Gasteiger partial charge in [0.2, 0.25) is 0 Å². The van der Waals surface area contributed by atoms with Crippen LogP contribution in [-0.4, -0.2) is 172 Å². The number of hydrogen-bond acceptors (Lipinski definition) is 15. The van der Waals surface area contributed by atoms with E-state index in [1.54, 1.807) is 41.5 Å². The number of esters is 1. The number of nitrogens with zero attached hydrogens (tertiary/aromatic N) is 1. The van der Waals surface area contributed by atoms with Crippen LogP contribution in [-0.2, 0) is 38.0 Å². The van der Waals surface area contributed by atoms with Crippen molar-refractivity contribution >= 4 is 23.3 Å². The predicted octanol–water partition coefficient (Wildman–Crippen LogP) is 3.25. The van der Waals surface area contributed by atoms with Gasteiger partial charge in [-0.2, -0.15) is 0 Å². The second-order valence-corrected chi connectivity index (χ2v) is 19.9. The van der Waals surface area contributed by atoms with Gasteiger partial charge in [0, 0.05) is 50.5 Å². The minimum atomic E-state index is -1.92. The van der Waals surface area contributed by atoms with E-state index in [4.69, 9.17) is 45.4 Å². The number of carbonyl (C=O) groups is 1. The number of cyclic esters (lactones) is 1. The molecule has 3 saturated heterocycles. The van der Waals surface area contributed by atoms with Crippen LogP contribution < -0.4 is 10.6 Å². The summed E-state index contributed by atoms with van der Waals surface area (Å²) < 4.78 is 44.7. The van der Waals surface area contributed by atoms with Crippen molar-refractivity contribution in [2.24, 2.45) is 23.7 Å². The molecule has 3 aliphatic heterocycles. The molecule has 0 amide bonds. The highest BCUT2D eigenvalue weighted by Gasteiger charge is 2.54. The van der Waals surface area contributed by atoms with Gasteiger partial charge in [-0.15, -0.1) is 0 Å². The van der Waals surface area contributed by atoms with Crippen LogP contribution in [0.1, 0.15) is 122 Å². The molecule has 364 valence electrons. The van der Waals surface area contributed by atoms with Crippen LogP contribution in [0.15, 0.2) is 0 Å². The second kappa shape index (κ2) is 23.4. The first-order valence-electron chi connectivity index (χ1n) is 23.0. The van der Waals surface area contributed by atoms with Gasteiger partial charge in [0.1, 0.15) is 23.9 Å². The minimum absolute atomic E-state index is 0.0527. The van der Waals surface area contributed by atoms with Gasteiger partial charge >= 0.3 is 5.97 Å². The normalized spacial score (nSPS) is 44.1. The van der Waals surface area contributed by atoms with Crippen LogP contribution in [0, 0.1) is 23.7 Å². The lowest BCUT2D eigenvalue weighted by atomic mass is 9.73. The Morgan fingerprint density at radius 1 is 0.919 bits per heavy atom. The zero-order chi connectivity index (χ0) is 47.1. The number of hydrogen-bond donors (Lipinski definition) is 7. The van der Waals surface area contributed by atoms with Crippen LogP contribution in [0.3, 0.4) is 0 Å². The maximum Gasteiger partial charge on any atom is 0.311 e. The largest absolute Gasteiger partial charge is 0.459 e. The quantitative estimate of drug-likeness (QED) is 0.0758. The first kappa shape index (κ1) is 55.0. The summed E-state index contributed by atoms with van der Waals surface area (Å²) in [5, 5.41) is 66.8. The number of nitrogens with one attached hydrogen (secondary N) is 2. The Hall–Kier alpha value is -1.32. The molecule has 17 heteroatoms. The molecule has 0 aromatic heterocycles. The fourth-order valence-electron chi connectivity index (χ4n) is 9.83. The molecule has 0 aromatic rings. The first-order chi connectivity index (χ1) is 28.8. The van der Waals surface area contributed by atoms with Gasteiger partial charge in [0.05, 0.1) is 60.4 Å². The highest BCUT2D eigenvalue weighted by Crippen LogP contribution is 2.42. The van der Waals surface area contributed by atoms with Crippen molar-refractivity contribution in [3.05, 3.63) is 0 Å². The van der Waals surface area contributed by atoms with Crippen molar-refractivity contribution in [2.75, 3.05) is 33.9 Å². The molecular formula is C45H85N3O13S. The summed E-state index contributed by atoms with van der Waals surface area (Å²) in [6.45, 7) is 24.8. The maximum absolute atomic E-state index is 14.5. The fourth-order valence-corrected chi connectivity index (χ4v) is 10.0. The molecule has 7 N–H and O–H groups in total. The summed E-state index contributed by atoms with van der Waals surface area (Å²) in [7, 11) is 3.45. The molecular weight excluding hydrogens is 823 g/mol. The van der Waals surface area contributed by atoms with Crippen LogP contribution in [0.2, 0.25) is 0 Å². The topological polar surface area (TPSA) is 210 Å². The van der Waals surface area contributed by atoms with Crippen LogP contribution in [0.5, 0.6) is 0 Å². The number of rotatable bonds is 14. The Morgan fingerprint density at radius 2 is 1.55 bits per heavy atom. The van der Waals surface area contributed by atoms with Crippen molar-refractivity contribution in [1.29, 1.82) is 0 Å². The number of carbonyl (C=O) groups excluding carboxylic acids is 1. The van der Waals surface area contributed by atoms with E-state index in [-0.39, 0.29) is 44.1 Å². The van der Waals surface area contributed by atoms with E-state index in [1.165, 1.54) is 14.0 Å². The molecule has 0 aromatic carbocycles. The third-order valence-corrected chi connectivity index (χ3v) is 14.2. The third kappa shape index (κ3) is 13.4. The molecule has 3 rings (SSSR count). The molecule has 19 atom stereocenters. The Morgan fingerprint density at radius 3 is 2.13 bits per heavy atom. The average Bonchev–Trinajstić information content (AvgIpc) is 3.20. The van der Waals surface area contributed by atoms with Crippen molar-refractivity contribution in [3.8, 4) is 0 Å². The van der Waals surface area contributed by atoms with Gasteiger partial charge in [0.15, 0.2) is 17.7 Å². The van der Waals surface area contributed by atoms with E-state index in [1.807, 2.05) is 48.6 Å². The fraction of sp³-hybridized carbons (Fsp3) is 0.956. The summed E-state index contributed by atoms with van der Waals surface area (Å²) in [4.78, 5) is 16.5. The van der Waals surface area contributed by atoms with Gasteiger partial charge in [-0.25, -0.2) is 0 Å². The van der Waals surface area contributed by atoms with Crippen molar-refractivity contribution in [3.63, 3.8) is 0 Å². The molecule has 3 aliphatic rings. The second-order valence-electron chi connectivity index (χ2n) is 19.5. The number of aliphatic hydroxyl groups excluding tert-OH is 3. The van der Waals surface area contributed by atoms with Crippen LogP contribution in [0.4, 0.5) is 0 Å². The lowest BCUT2D eigenvalue weighted by molar-refractivity contribution is -0.319. The van der Waals surface area contributed by atoms with Gasteiger partial charge < -0.3 is 69.3 Å². The van der Waals surface area contributed by atoms with Crippen molar-refractivity contribution in [1.82, 2.24) is 15.5 Å². The Labute approximate surface area is 377 Å². The summed E-state index contributed by atoms with van der Waals surface area (Å²) >= 11 is 5.41. The lowest BCUT2D eigenvalue weighted by Gasteiger charge is -2.50. The molecule has 62 heavy (non-hydrogen) atoms. The maximum atomic E-state index is 14.5. The summed E-state index contributed by atoms with van der Waals surface area (Å²) in [5.41, 5.74) is -4.69. The average molecular weight is 908 g/mol. The van der Waals surface area contributed by atoms with E-state index in [9.17, 15) is 30.3 Å². The van der Waals surface area contributed by atoms with Crippen LogP contribution in [0.25, 0.3) is 0 Å². The monoisotopic (exact) mass is 908 g/mol. The zero-order valence-corrected chi connectivity index (χ0v) is 41.1. The number of methoxy groups -OCH3 is 1. The lowest BCUT2D eigenvalue weighted by Crippen LogP contribution is -2.62. The Balaban J connectivity index is 2.20. The Bertz CT molecular complexity index is 1400. The van der Waals surface area contributed by atoms with Gasteiger partial charge in [0.25, 0.3) is 0 Å². The SMILES string of the molecule is CCCNC(=S)NCCO[C@@H]1[C@H](C)[C@@H](O)[C@](C)(O)[C@@H](CC)OC(=O)[C@H](C)[C@@H](O[C@H]2C[C@@](C)(OC)[C@@H](O)[C@H](C)O2)[C@H](C)[C@@H](O[C@@H]2O[C@H](C)C[C@H](N(C)C(C)C)[C@H]2O)[C@](C)(O)C[C@H]1C. The zero-order valence-electron chi connectivity index (χ0n) is 40.3. The number of aliphatic hydroxyl groups is 5. The molecule has 3 heterocycles. The number of thiocarbonyl (C=S) groups is 1. The number of ether oxygens (including phenoxy) is 7. The van der Waals surface area contributed by atoms with Gasteiger partial charge in [-0.3, -0.25) is 9.69 Å². The Kier molecular flexibility index (Phi) is 20.8. The predicted molar refractivity (Wildman–Crippen MR) is 239 cm³/mol. The third-order valence-electron chi connectivity index (χ3n) is 13.9. The highest BCUT2D eigenvalue weighted by atomic mass is 32.1. The van der Waals surface area contributed by atoms with Gasteiger partial charge in [-0.1, -0.05) is 34.6 Å². The minimum Gasteiger partial charge on any atom is -0.459 e.